The molecule has 0 spiro atoms. The number of aromatic amines is 1. The predicted molar refractivity (Wildman–Crippen MR) is 60.8 cm³/mol. The number of nitrogens with zero attached hydrogens (tertiary/aromatic N) is 2. The van der Waals surface area contributed by atoms with Crippen molar-refractivity contribution in [2.24, 2.45) is 5.14 Å². The molecular weight excluding hydrogens is 228 g/mol. The van der Waals surface area contributed by atoms with Crippen molar-refractivity contribution < 1.29 is 8.42 Å². The molecule has 86 valence electrons. The molecule has 0 saturated carbocycles. The van der Waals surface area contributed by atoms with Gasteiger partial charge in [0, 0.05) is 18.6 Å². The Morgan fingerprint density at radius 2 is 1.81 bits per heavy atom. The third-order valence-electron chi connectivity index (χ3n) is 1.40. The first-order valence-electron chi connectivity index (χ1n) is 4.35. The summed E-state index contributed by atoms with van der Waals surface area (Å²) in [7, 11) is -3.17. The van der Waals surface area contributed by atoms with Crippen LogP contribution in [0.2, 0.25) is 0 Å². The number of nitrogens with one attached hydrogen (secondary N) is 1. The van der Waals surface area contributed by atoms with Crippen LogP contribution in [0.5, 0.6) is 0 Å². The van der Waals surface area contributed by atoms with Gasteiger partial charge in [0.25, 0.3) is 0 Å². The molecule has 0 radical (unpaired) electrons. The van der Waals surface area contributed by atoms with Crippen molar-refractivity contribution in [3.8, 4) is 11.5 Å². The van der Waals surface area contributed by atoms with Crippen molar-refractivity contribution in [3.05, 3.63) is 36.8 Å². The molecule has 2 heterocycles. The van der Waals surface area contributed by atoms with Crippen LogP contribution in [0.15, 0.2) is 36.8 Å². The van der Waals surface area contributed by atoms with Crippen LogP contribution in [-0.4, -0.2) is 29.6 Å². The summed E-state index contributed by atoms with van der Waals surface area (Å²) >= 11 is 0. The van der Waals surface area contributed by atoms with Crippen LogP contribution in [0.1, 0.15) is 0 Å². The lowest BCUT2D eigenvalue weighted by molar-refractivity contribution is 0.603. The molecule has 16 heavy (non-hydrogen) atoms. The molecular formula is C9H12N4O2S. The van der Waals surface area contributed by atoms with Gasteiger partial charge in [-0.25, -0.2) is 23.5 Å². The van der Waals surface area contributed by atoms with Crippen LogP contribution in [-0.2, 0) is 10.0 Å². The van der Waals surface area contributed by atoms with E-state index in [1.54, 1.807) is 18.5 Å². The Bertz CT molecular complexity index is 500. The maximum Gasteiger partial charge on any atom is 0.206 e. The number of sulfonamides is 1. The van der Waals surface area contributed by atoms with Crippen molar-refractivity contribution in [1.82, 2.24) is 15.0 Å². The van der Waals surface area contributed by atoms with E-state index in [0.29, 0.717) is 0 Å². The third-order valence-corrected chi connectivity index (χ3v) is 1.40. The van der Waals surface area contributed by atoms with Crippen molar-refractivity contribution in [2.45, 2.75) is 0 Å². The van der Waals surface area contributed by atoms with E-state index in [1.165, 1.54) is 0 Å². The Balaban J connectivity index is 0.000000221. The zero-order valence-corrected chi connectivity index (χ0v) is 9.48. The zero-order chi connectivity index (χ0) is 12.0. The molecule has 3 N–H and O–H groups in total. The average Bonchev–Trinajstić information content (AvgIpc) is 2.69. The number of aromatic nitrogens is 3. The molecule has 2 aromatic heterocycles. The average molecular weight is 240 g/mol. The van der Waals surface area contributed by atoms with E-state index in [0.717, 1.165) is 17.8 Å². The van der Waals surface area contributed by atoms with Crippen LogP contribution in [0.3, 0.4) is 0 Å². The monoisotopic (exact) mass is 240 g/mol. The molecule has 2 rings (SSSR count). The lowest BCUT2D eigenvalue weighted by Gasteiger charge is -1.91. The van der Waals surface area contributed by atoms with Gasteiger partial charge in [0.1, 0.15) is 0 Å². The molecule has 0 aliphatic heterocycles. The van der Waals surface area contributed by atoms with Crippen LogP contribution in [0, 0.1) is 0 Å². The summed E-state index contributed by atoms with van der Waals surface area (Å²) in [5, 5.41) is 4.33. The minimum Gasteiger partial charge on any atom is -0.359 e. The van der Waals surface area contributed by atoms with E-state index in [-0.39, 0.29) is 0 Å². The normalized spacial score (nSPS) is 10.4. The van der Waals surface area contributed by atoms with Crippen molar-refractivity contribution in [1.29, 1.82) is 0 Å². The van der Waals surface area contributed by atoms with E-state index < -0.39 is 10.0 Å². The second-order valence-electron chi connectivity index (χ2n) is 2.99. The molecule has 0 amide bonds. The predicted octanol–water partition coefficient (Wildman–Crippen LogP) is 0.376. The fourth-order valence-corrected chi connectivity index (χ4v) is 0.908. The van der Waals surface area contributed by atoms with Gasteiger partial charge in [-0.3, -0.25) is 0 Å². The second kappa shape index (κ2) is 5.38. The van der Waals surface area contributed by atoms with Gasteiger partial charge >= 0.3 is 0 Å². The molecule has 0 bridgehead atoms. The summed E-state index contributed by atoms with van der Waals surface area (Å²) in [5.41, 5.74) is 0.950. The fraction of sp³-hybridized carbons (Fsp3) is 0.111. The van der Waals surface area contributed by atoms with Gasteiger partial charge in [0.05, 0.1) is 11.9 Å². The van der Waals surface area contributed by atoms with Crippen molar-refractivity contribution >= 4 is 10.0 Å². The number of rotatable bonds is 1. The van der Waals surface area contributed by atoms with Gasteiger partial charge in [0.15, 0.2) is 5.82 Å². The summed E-state index contributed by atoms with van der Waals surface area (Å²) in [5.74, 6) is 0.734. The Kier molecular flexibility index (Phi) is 4.15. The quantitative estimate of drug-likeness (QED) is 0.752. The van der Waals surface area contributed by atoms with Crippen LogP contribution in [0.25, 0.3) is 11.5 Å². The summed E-state index contributed by atoms with van der Waals surface area (Å²) in [4.78, 5) is 11.2. The van der Waals surface area contributed by atoms with Gasteiger partial charge < -0.3 is 4.98 Å². The van der Waals surface area contributed by atoms with Crippen molar-refractivity contribution in [3.63, 3.8) is 0 Å². The number of hydrogen-bond acceptors (Lipinski definition) is 4. The topological polar surface area (TPSA) is 102 Å². The van der Waals surface area contributed by atoms with Crippen LogP contribution < -0.4 is 5.14 Å². The largest absolute Gasteiger partial charge is 0.359 e. The van der Waals surface area contributed by atoms with Gasteiger partial charge in [-0.15, -0.1) is 0 Å². The lowest BCUT2D eigenvalue weighted by Crippen LogP contribution is -2.07. The van der Waals surface area contributed by atoms with Gasteiger partial charge in [0.2, 0.25) is 10.0 Å². The molecule has 7 heteroatoms. The maximum atomic E-state index is 9.41. The van der Waals surface area contributed by atoms with Gasteiger partial charge in [-0.05, 0) is 18.2 Å². The number of nitrogens with two attached hydrogens (primary N) is 1. The minimum atomic E-state index is -3.17. The SMILES string of the molecule is CS(N)(=O)=O.c1cnc(-c2ccc[nH]2)nc1. The Labute approximate surface area is 93.6 Å². The second-order valence-corrected chi connectivity index (χ2v) is 4.64. The molecule has 0 unspecified atom stereocenters. The minimum absolute atomic E-state index is 0.734. The van der Waals surface area contributed by atoms with E-state index in [9.17, 15) is 8.42 Å². The molecule has 0 atom stereocenters. The Morgan fingerprint density at radius 1 is 1.25 bits per heavy atom. The highest BCUT2D eigenvalue weighted by Gasteiger charge is 1.96. The van der Waals surface area contributed by atoms with Crippen molar-refractivity contribution in [2.75, 3.05) is 6.26 Å². The summed E-state index contributed by atoms with van der Waals surface area (Å²) in [6.07, 6.45) is 6.24. The molecule has 0 fully saturated rings. The van der Waals surface area contributed by atoms with Gasteiger partial charge in [-0.2, -0.15) is 0 Å². The molecule has 0 saturated heterocycles. The fourth-order valence-electron chi connectivity index (χ4n) is 0.908. The number of H-pyrrole nitrogens is 1. The maximum absolute atomic E-state index is 9.41. The standard InChI is InChI=1S/C8H7N3.CH5NO2S/c1-3-7(9-4-1)8-10-5-2-6-11-8;1-5(2,3)4/h1-6,9H;1H3,(H2,2,3,4). The van der Waals surface area contributed by atoms with Crippen LogP contribution >= 0.6 is 0 Å². The summed E-state index contributed by atoms with van der Waals surface area (Å²) < 4.78 is 18.8. The smallest absolute Gasteiger partial charge is 0.206 e. The first-order valence-corrected chi connectivity index (χ1v) is 6.31. The highest BCUT2D eigenvalue weighted by Crippen LogP contribution is 2.08. The zero-order valence-electron chi connectivity index (χ0n) is 8.66. The highest BCUT2D eigenvalue weighted by molar-refractivity contribution is 7.88. The van der Waals surface area contributed by atoms with E-state index in [1.807, 2.05) is 18.3 Å². The number of hydrogen-bond donors (Lipinski definition) is 2. The summed E-state index contributed by atoms with van der Waals surface area (Å²) in [6.45, 7) is 0. The molecule has 0 aliphatic carbocycles. The third kappa shape index (κ3) is 5.23. The highest BCUT2D eigenvalue weighted by atomic mass is 32.2. The van der Waals surface area contributed by atoms with E-state index in [2.05, 4.69) is 20.1 Å². The summed E-state index contributed by atoms with van der Waals surface area (Å²) in [6, 6.07) is 5.66. The lowest BCUT2D eigenvalue weighted by atomic mass is 10.4. The van der Waals surface area contributed by atoms with Gasteiger partial charge in [-0.1, -0.05) is 0 Å². The first kappa shape index (κ1) is 12.3. The Hall–Kier alpha value is -1.73. The number of primary sulfonamides is 1. The van der Waals surface area contributed by atoms with Crippen LogP contribution in [0.4, 0.5) is 0 Å². The first-order chi connectivity index (χ1) is 7.47. The Morgan fingerprint density at radius 3 is 2.25 bits per heavy atom. The van der Waals surface area contributed by atoms with E-state index in [4.69, 9.17) is 0 Å². The molecule has 6 nitrogen and oxygen atoms in total. The van der Waals surface area contributed by atoms with E-state index >= 15 is 0 Å². The molecule has 0 aromatic carbocycles. The molecule has 2 aromatic rings. The molecule has 0 aliphatic rings.